The Bertz CT molecular complexity index is 986. The van der Waals surface area contributed by atoms with Gasteiger partial charge in [0.2, 0.25) is 10.0 Å². The van der Waals surface area contributed by atoms with Crippen LogP contribution in [0, 0.1) is 12.8 Å². The van der Waals surface area contributed by atoms with Gasteiger partial charge >= 0.3 is 0 Å². The Morgan fingerprint density at radius 2 is 1.57 bits per heavy atom. The summed E-state index contributed by atoms with van der Waals surface area (Å²) in [5, 5.41) is 0. The molecule has 0 spiro atoms. The van der Waals surface area contributed by atoms with E-state index in [1.54, 1.807) is 12.1 Å². The fourth-order valence-corrected chi connectivity index (χ4v) is 6.63. The highest BCUT2D eigenvalue weighted by molar-refractivity contribution is 7.89. The molecule has 2 aromatic carbocycles. The van der Waals surface area contributed by atoms with Crippen molar-refractivity contribution in [3.63, 3.8) is 0 Å². The molecule has 1 fully saturated rings. The van der Waals surface area contributed by atoms with Crippen LogP contribution in [0.5, 0.6) is 0 Å². The molecule has 30 heavy (non-hydrogen) atoms. The maximum Gasteiger partial charge on any atom is 0.241 e. The van der Waals surface area contributed by atoms with Gasteiger partial charge < -0.3 is 0 Å². The zero-order valence-corrected chi connectivity index (χ0v) is 20.0. The monoisotopic (exact) mass is 447 g/mol. The average Bonchev–Trinajstić information content (AvgIpc) is 2.72. The zero-order valence-electron chi connectivity index (χ0n) is 18.4. The van der Waals surface area contributed by atoms with Crippen LogP contribution in [0.1, 0.15) is 70.0 Å². The molecule has 6 heteroatoms. The Kier molecular flexibility index (Phi) is 7.20. The van der Waals surface area contributed by atoms with Gasteiger partial charge in [0.05, 0.1) is 21.7 Å². The van der Waals surface area contributed by atoms with Gasteiger partial charge in [-0.05, 0) is 70.2 Å². The van der Waals surface area contributed by atoms with E-state index in [9.17, 15) is 12.6 Å². The molecule has 1 aliphatic rings. The number of hydrogen-bond donors (Lipinski definition) is 1. The van der Waals surface area contributed by atoms with Gasteiger partial charge in [0, 0.05) is 9.64 Å². The number of nitrogens with one attached hydrogen (secondary N) is 1. The van der Waals surface area contributed by atoms with E-state index >= 15 is 0 Å². The minimum atomic E-state index is -3.70. The lowest BCUT2D eigenvalue weighted by molar-refractivity contribution is 0.291. The lowest BCUT2D eigenvalue weighted by Crippen LogP contribution is -2.35. The van der Waals surface area contributed by atoms with E-state index in [2.05, 4.69) is 4.72 Å². The van der Waals surface area contributed by atoms with Crippen molar-refractivity contribution in [3.05, 3.63) is 59.7 Å². The maximum atomic E-state index is 13.3. The summed E-state index contributed by atoms with van der Waals surface area (Å²) >= 11 is 0. The molecule has 1 N–H and O–H groups in total. The molecule has 0 amide bonds. The summed E-state index contributed by atoms with van der Waals surface area (Å²) in [6, 6.07) is 14.1. The second-order valence-corrected chi connectivity index (χ2v) is 13.1. The van der Waals surface area contributed by atoms with Crippen molar-refractivity contribution < 1.29 is 12.6 Å². The number of rotatable bonds is 6. The Hall–Kier alpha value is -1.50. The SMILES string of the molecule is Cc1ccc(S(=O)(=O)N[C@@H](c2ccccc2S(=O)C(C)(C)C)C2CCCCC2)cc1. The average molecular weight is 448 g/mol. The summed E-state index contributed by atoms with van der Waals surface area (Å²) < 4.78 is 42.4. The first-order valence-corrected chi connectivity index (χ1v) is 13.3. The molecule has 3 rings (SSSR count). The van der Waals surface area contributed by atoms with E-state index in [4.69, 9.17) is 0 Å². The van der Waals surface area contributed by atoms with Gasteiger partial charge in [0.15, 0.2) is 0 Å². The summed E-state index contributed by atoms with van der Waals surface area (Å²) in [6.07, 6.45) is 5.31. The first kappa shape index (κ1) is 23.2. The summed E-state index contributed by atoms with van der Waals surface area (Å²) in [5.41, 5.74) is 1.86. The zero-order chi connectivity index (χ0) is 21.9. The Morgan fingerprint density at radius 3 is 2.17 bits per heavy atom. The number of aryl methyl sites for hydroxylation is 1. The fourth-order valence-electron chi connectivity index (χ4n) is 4.07. The lowest BCUT2D eigenvalue weighted by Gasteiger charge is -2.33. The van der Waals surface area contributed by atoms with Crippen molar-refractivity contribution in [1.82, 2.24) is 4.72 Å². The molecule has 1 unspecified atom stereocenters. The molecule has 2 aromatic rings. The highest BCUT2D eigenvalue weighted by Crippen LogP contribution is 2.38. The number of hydrogen-bond acceptors (Lipinski definition) is 3. The van der Waals surface area contributed by atoms with E-state index in [1.165, 1.54) is 6.42 Å². The van der Waals surface area contributed by atoms with E-state index in [0.29, 0.717) is 0 Å². The van der Waals surface area contributed by atoms with Crippen molar-refractivity contribution in [1.29, 1.82) is 0 Å². The summed E-state index contributed by atoms with van der Waals surface area (Å²) in [7, 11) is -4.95. The number of sulfonamides is 1. The van der Waals surface area contributed by atoms with Gasteiger partial charge in [0.1, 0.15) is 0 Å². The topological polar surface area (TPSA) is 63.2 Å². The number of benzene rings is 2. The van der Waals surface area contributed by atoms with E-state index in [1.807, 2.05) is 64.1 Å². The standard InChI is InChI=1S/C24H33NO3S2/c1-18-14-16-20(17-15-18)30(27,28)25-23(19-10-6-5-7-11-19)21-12-8-9-13-22(21)29(26)24(2,3)4/h8-9,12-17,19,23,25H,5-7,10-11H2,1-4H3/t23-,29?/m1/s1. The second-order valence-electron chi connectivity index (χ2n) is 9.23. The van der Waals surface area contributed by atoms with Crippen LogP contribution in [0.3, 0.4) is 0 Å². The maximum absolute atomic E-state index is 13.3. The molecule has 0 bridgehead atoms. The molecule has 2 atom stereocenters. The van der Waals surface area contributed by atoms with Crippen LogP contribution in [-0.4, -0.2) is 17.4 Å². The predicted molar refractivity (Wildman–Crippen MR) is 123 cm³/mol. The smallest absolute Gasteiger partial charge is 0.241 e. The van der Waals surface area contributed by atoms with Crippen LogP contribution in [0.2, 0.25) is 0 Å². The van der Waals surface area contributed by atoms with Gasteiger partial charge in [-0.25, -0.2) is 13.1 Å². The van der Waals surface area contributed by atoms with E-state index in [-0.39, 0.29) is 16.9 Å². The third-order valence-electron chi connectivity index (χ3n) is 5.74. The molecule has 0 radical (unpaired) electrons. The third kappa shape index (κ3) is 5.40. The summed E-state index contributed by atoms with van der Waals surface area (Å²) in [5.74, 6) is 0.192. The van der Waals surface area contributed by atoms with Crippen molar-refractivity contribution in [2.45, 2.75) is 80.4 Å². The van der Waals surface area contributed by atoms with Gasteiger partial charge in [0.25, 0.3) is 0 Å². The highest BCUT2D eigenvalue weighted by Gasteiger charge is 2.33. The minimum absolute atomic E-state index is 0.192. The van der Waals surface area contributed by atoms with Crippen LogP contribution in [-0.2, 0) is 20.8 Å². The van der Waals surface area contributed by atoms with Gasteiger partial charge in [-0.1, -0.05) is 55.2 Å². The largest absolute Gasteiger partial charge is 0.254 e. The lowest BCUT2D eigenvalue weighted by atomic mass is 9.81. The molecule has 0 heterocycles. The summed E-state index contributed by atoms with van der Waals surface area (Å²) in [6.45, 7) is 7.79. The first-order valence-electron chi connectivity index (χ1n) is 10.7. The quantitative estimate of drug-likeness (QED) is 0.636. The predicted octanol–water partition coefficient (Wildman–Crippen LogP) is 5.50. The second kappa shape index (κ2) is 9.33. The Labute approximate surface area is 184 Å². The van der Waals surface area contributed by atoms with Crippen LogP contribution in [0.4, 0.5) is 0 Å². The van der Waals surface area contributed by atoms with Gasteiger partial charge in [-0.2, -0.15) is 0 Å². The van der Waals surface area contributed by atoms with Crippen molar-refractivity contribution in [2.24, 2.45) is 5.92 Å². The normalized spacial score (nSPS) is 18.1. The van der Waals surface area contributed by atoms with Crippen LogP contribution in [0.25, 0.3) is 0 Å². The van der Waals surface area contributed by atoms with E-state index < -0.39 is 25.6 Å². The fraction of sp³-hybridized carbons (Fsp3) is 0.500. The van der Waals surface area contributed by atoms with Crippen molar-refractivity contribution >= 4 is 20.8 Å². The van der Waals surface area contributed by atoms with Gasteiger partial charge in [-0.3, -0.25) is 4.21 Å². The molecular weight excluding hydrogens is 414 g/mol. The third-order valence-corrected chi connectivity index (χ3v) is 9.09. The molecule has 1 aliphatic carbocycles. The highest BCUT2D eigenvalue weighted by atomic mass is 32.2. The molecule has 0 aliphatic heterocycles. The molecule has 164 valence electrons. The van der Waals surface area contributed by atoms with E-state index in [0.717, 1.165) is 41.7 Å². The molecular formula is C24H33NO3S2. The van der Waals surface area contributed by atoms with Crippen LogP contribution in [0.15, 0.2) is 58.3 Å². The van der Waals surface area contributed by atoms with Gasteiger partial charge in [-0.15, -0.1) is 0 Å². The Morgan fingerprint density at radius 1 is 0.967 bits per heavy atom. The molecule has 0 saturated heterocycles. The van der Waals surface area contributed by atoms with Crippen LogP contribution < -0.4 is 4.72 Å². The molecule has 0 aromatic heterocycles. The van der Waals surface area contributed by atoms with Crippen molar-refractivity contribution in [3.8, 4) is 0 Å². The first-order chi connectivity index (χ1) is 14.1. The molecule has 4 nitrogen and oxygen atoms in total. The minimum Gasteiger partial charge on any atom is -0.254 e. The van der Waals surface area contributed by atoms with Crippen LogP contribution >= 0.6 is 0 Å². The van der Waals surface area contributed by atoms with Crippen molar-refractivity contribution in [2.75, 3.05) is 0 Å². The molecule has 1 saturated carbocycles. The Balaban J connectivity index is 2.05. The summed E-state index contributed by atoms with van der Waals surface area (Å²) in [4.78, 5) is 0.996.